The Balaban J connectivity index is 2.46. The van der Waals surface area contributed by atoms with Crippen LogP contribution in [0.5, 0.6) is 5.75 Å². The molecule has 0 atom stereocenters. The van der Waals surface area contributed by atoms with Gasteiger partial charge in [-0.3, -0.25) is 9.52 Å². The third-order valence-corrected chi connectivity index (χ3v) is 5.29. The SMILES string of the molecule is COc1ccc(S(=O)(=O)Nc2cc(C(N)=O)cc(F)c2C)cc1Br. The highest BCUT2D eigenvalue weighted by molar-refractivity contribution is 9.10. The van der Waals surface area contributed by atoms with E-state index in [4.69, 9.17) is 10.5 Å². The minimum absolute atomic E-state index is 0.0520. The number of sulfonamides is 1. The third kappa shape index (κ3) is 3.68. The summed E-state index contributed by atoms with van der Waals surface area (Å²) in [5, 5.41) is 0. The van der Waals surface area contributed by atoms with Crippen LogP contribution >= 0.6 is 15.9 Å². The average Bonchev–Trinajstić information content (AvgIpc) is 2.51. The van der Waals surface area contributed by atoms with Gasteiger partial charge in [0.25, 0.3) is 10.0 Å². The molecule has 0 aromatic heterocycles. The molecule has 2 rings (SSSR count). The number of carbonyl (C=O) groups is 1. The first-order valence-electron chi connectivity index (χ1n) is 6.62. The monoisotopic (exact) mass is 416 g/mol. The number of benzene rings is 2. The summed E-state index contributed by atoms with van der Waals surface area (Å²) in [5.41, 5.74) is 4.99. The molecule has 0 saturated carbocycles. The Hall–Kier alpha value is -2.13. The van der Waals surface area contributed by atoms with E-state index in [1.807, 2.05) is 0 Å². The van der Waals surface area contributed by atoms with Crippen molar-refractivity contribution >= 4 is 37.5 Å². The zero-order valence-electron chi connectivity index (χ0n) is 12.8. The van der Waals surface area contributed by atoms with Gasteiger partial charge in [0.2, 0.25) is 5.91 Å². The van der Waals surface area contributed by atoms with Crippen molar-refractivity contribution in [3.63, 3.8) is 0 Å². The van der Waals surface area contributed by atoms with E-state index in [2.05, 4.69) is 20.7 Å². The number of hydrogen-bond donors (Lipinski definition) is 2. The van der Waals surface area contributed by atoms with E-state index < -0.39 is 21.7 Å². The second-order valence-corrected chi connectivity index (χ2v) is 7.43. The predicted octanol–water partition coefficient (Wildman–Crippen LogP) is 2.80. The summed E-state index contributed by atoms with van der Waals surface area (Å²) in [5.74, 6) is -1.13. The number of ether oxygens (including phenoxy) is 1. The fourth-order valence-corrected chi connectivity index (χ4v) is 3.78. The van der Waals surface area contributed by atoms with E-state index in [9.17, 15) is 17.6 Å². The number of amides is 1. The number of primary amides is 1. The number of rotatable bonds is 5. The fraction of sp³-hybridized carbons (Fsp3) is 0.133. The lowest BCUT2D eigenvalue weighted by Crippen LogP contribution is -2.17. The van der Waals surface area contributed by atoms with E-state index in [1.54, 1.807) is 0 Å². The Kier molecular flexibility index (Phi) is 5.14. The minimum Gasteiger partial charge on any atom is -0.496 e. The maximum absolute atomic E-state index is 13.9. The second-order valence-electron chi connectivity index (χ2n) is 4.90. The van der Waals surface area contributed by atoms with Crippen molar-refractivity contribution in [1.29, 1.82) is 0 Å². The number of nitrogens with two attached hydrogens (primary N) is 1. The van der Waals surface area contributed by atoms with Crippen molar-refractivity contribution in [2.45, 2.75) is 11.8 Å². The van der Waals surface area contributed by atoms with Gasteiger partial charge >= 0.3 is 0 Å². The molecular formula is C15H14BrFN2O4S. The van der Waals surface area contributed by atoms with Crippen molar-refractivity contribution in [2.75, 3.05) is 11.8 Å². The van der Waals surface area contributed by atoms with Gasteiger partial charge in [-0.1, -0.05) is 0 Å². The molecule has 0 aliphatic carbocycles. The molecule has 9 heteroatoms. The molecule has 0 spiro atoms. The summed E-state index contributed by atoms with van der Waals surface area (Å²) >= 11 is 3.20. The van der Waals surface area contributed by atoms with Gasteiger partial charge < -0.3 is 10.5 Å². The lowest BCUT2D eigenvalue weighted by atomic mass is 10.1. The van der Waals surface area contributed by atoms with Crippen LogP contribution in [0.1, 0.15) is 15.9 Å². The average molecular weight is 417 g/mol. The molecule has 0 bridgehead atoms. The summed E-state index contributed by atoms with van der Waals surface area (Å²) in [6.45, 7) is 1.39. The molecule has 0 aliphatic heterocycles. The van der Waals surface area contributed by atoms with E-state index in [0.717, 1.165) is 6.07 Å². The highest BCUT2D eigenvalue weighted by Crippen LogP contribution is 2.29. The zero-order chi connectivity index (χ0) is 18.1. The Morgan fingerprint density at radius 2 is 1.96 bits per heavy atom. The van der Waals surface area contributed by atoms with Gasteiger partial charge in [-0.25, -0.2) is 12.8 Å². The predicted molar refractivity (Wildman–Crippen MR) is 91.2 cm³/mol. The molecule has 2 aromatic carbocycles. The third-order valence-electron chi connectivity index (χ3n) is 3.31. The van der Waals surface area contributed by atoms with E-state index in [-0.39, 0.29) is 21.7 Å². The largest absolute Gasteiger partial charge is 0.496 e. The maximum atomic E-state index is 13.9. The topological polar surface area (TPSA) is 98.5 Å². The van der Waals surface area contributed by atoms with Crippen LogP contribution < -0.4 is 15.2 Å². The molecule has 0 saturated heterocycles. The molecule has 24 heavy (non-hydrogen) atoms. The number of methoxy groups -OCH3 is 1. The van der Waals surface area contributed by atoms with Crippen LogP contribution in [0.25, 0.3) is 0 Å². The Morgan fingerprint density at radius 1 is 1.29 bits per heavy atom. The molecule has 1 amide bonds. The smallest absolute Gasteiger partial charge is 0.261 e. The van der Waals surface area contributed by atoms with Crippen molar-refractivity contribution in [1.82, 2.24) is 0 Å². The highest BCUT2D eigenvalue weighted by Gasteiger charge is 2.19. The van der Waals surface area contributed by atoms with Gasteiger partial charge in [0.05, 0.1) is 22.2 Å². The molecule has 0 radical (unpaired) electrons. The molecule has 6 nitrogen and oxygen atoms in total. The van der Waals surface area contributed by atoms with Crippen LogP contribution in [0.15, 0.2) is 39.7 Å². The van der Waals surface area contributed by atoms with Gasteiger partial charge in [0.1, 0.15) is 11.6 Å². The molecule has 0 fully saturated rings. The standard InChI is InChI=1S/C15H14BrFN2O4S/c1-8-12(17)5-9(15(18)20)6-13(8)19-24(21,22)10-3-4-14(23-2)11(16)7-10/h3-7,19H,1-2H3,(H2,18,20). The normalized spacial score (nSPS) is 11.2. The first-order valence-corrected chi connectivity index (χ1v) is 8.89. The van der Waals surface area contributed by atoms with Gasteiger partial charge in [-0.05, 0) is 53.2 Å². The molecule has 0 heterocycles. The lowest BCUT2D eigenvalue weighted by molar-refractivity contribution is 0.1000. The molecule has 3 N–H and O–H groups in total. The highest BCUT2D eigenvalue weighted by atomic mass is 79.9. The lowest BCUT2D eigenvalue weighted by Gasteiger charge is -2.13. The molecular weight excluding hydrogens is 403 g/mol. The number of carbonyl (C=O) groups excluding carboxylic acids is 1. The first kappa shape index (κ1) is 18.2. The minimum atomic E-state index is -4.00. The van der Waals surface area contributed by atoms with Crippen molar-refractivity contribution < 1.29 is 22.3 Å². The molecule has 0 aliphatic rings. The van der Waals surface area contributed by atoms with Crippen LogP contribution in [-0.2, 0) is 10.0 Å². The summed E-state index contributed by atoms with van der Waals surface area (Å²) in [6.07, 6.45) is 0. The van der Waals surface area contributed by atoms with Gasteiger partial charge in [0.15, 0.2) is 0 Å². The summed E-state index contributed by atoms with van der Waals surface area (Å²) in [4.78, 5) is 11.2. The quantitative estimate of drug-likeness (QED) is 0.782. The van der Waals surface area contributed by atoms with Crippen molar-refractivity contribution in [3.8, 4) is 5.75 Å². The van der Waals surface area contributed by atoms with Gasteiger partial charge in [-0.2, -0.15) is 0 Å². The number of nitrogens with one attached hydrogen (secondary N) is 1. The van der Waals surface area contributed by atoms with Crippen LogP contribution in [0.2, 0.25) is 0 Å². The summed E-state index contributed by atoms with van der Waals surface area (Å²) < 4.78 is 46.6. The number of halogens is 2. The zero-order valence-corrected chi connectivity index (χ0v) is 15.2. The van der Waals surface area contributed by atoms with Crippen molar-refractivity contribution in [3.05, 3.63) is 51.7 Å². The Bertz CT molecular complexity index is 916. The second kappa shape index (κ2) is 6.78. The van der Waals surface area contributed by atoms with Gasteiger partial charge in [-0.15, -0.1) is 0 Å². The van der Waals surface area contributed by atoms with Gasteiger partial charge in [0, 0.05) is 11.1 Å². The number of hydrogen-bond acceptors (Lipinski definition) is 4. The maximum Gasteiger partial charge on any atom is 0.261 e. The van der Waals surface area contributed by atoms with Crippen LogP contribution in [0.4, 0.5) is 10.1 Å². The van der Waals surface area contributed by atoms with Crippen LogP contribution in [-0.4, -0.2) is 21.4 Å². The van der Waals surface area contributed by atoms with E-state index in [1.165, 1.54) is 38.3 Å². The Morgan fingerprint density at radius 3 is 2.50 bits per heavy atom. The van der Waals surface area contributed by atoms with Crippen LogP contribution in [0, 0.1) is 12.7 Å². The fourth-order valence-electron chi connectivity index (χ4n) is 1.95. The molecule has 0 unspecified atom stereocenters. The Labute approximate surface area is 147 Å². The summed E-state index contributed by atoms with van der Waals surface area (Å²) in [6, 6.07) is 6.32. The van der Waals surface area contributed by atoms with Crippen molar-refractivity contribution in [2.24, 2.45) is 5.73 Å². The molecule has 128 valence electrons. The number of anilines is 1. The van der Waals surface area contributed by atoms with E-state index in [0.29, 0.717) is 10.2 Å². The van der Waals surface area contributed by atoms with E-state index >= 15 is 0 Å². The summed E-state index contributed by atoms with van der Waals surface area (Å²) in [7, 11) is -2.54. The first-order chi connectivity index (χ1) is 11.2. The molecule has 2 aromatic rings. The van der Waals surface area contributed by atoms with Crippen LogP contribution in [0.3, 0.4) is 0 Å².